The summed E-state index contributed by atoms with van der Waals surface area (Å²) in [6.45, 7) is 3.62. The molecule has 1 aromatic carbocycles. The van der Waals surface area contributed by atoms with Crippen LogP contribution in [0.1, 0.15) is 36.8 Å². The molecule has 1 aliphatic carbocycles. The Balaban J connectivity index is 1.59. The summed E-state index contributed by atoms with van der Waals surface area (Å²) in [5.41, 5.74) is 9.17. The van der Waals surface area contributed by atoms with E-state index in [1.807, 2.05) is 0 Å². The van der Waals surface area contributed by atoms with Gasteiger partial charge in [0.15, 0.2) is 0 Å². The molecular formula is C16H24N2. The van der Waals surface area contributed by atoms with E-state index < -0.39 is 0 Å². The molecule has 0 saturated heterocycles. The predicted molar refractivity (Wildman–Crippen MR) is 75.4 cm³/mol. The zero-order chi connectivity index (χ0) is 12.4. The number of nitrogens with two attached hydrogens (primary N) is 1. The molecule has 1 fully saturated rings. The molecule has 0 spiro atoms. The predicted octanol–water partition coefficient (Wildman–Crippen LogP) is 2.56. The molecule has 2 nitrogen and oxygen atoms in total. The van der Waals surface area contributed by atoms with Gasteiger partial charge in [-0.3, -0.25) is 4.90 Å². The third-order valence-corrected chi connectivity index (χ3v) is 4.55. The largest absolute Gasteiger partial charge is 0.328 e. The summed E-state index contributed by atoms with van der Waals surface area (Å²) in [6, 6.07) is 9.35. The van der Waals surface area contributed by atoms with Gasteiger partial charge in [0.25, 0.3) is 0 Å². The molecule has 1 heterocycles. The lowest BCUT2D eigenvalue weighted by Gasteiger charge is -2.34. The monoisotopic (exact) mass is 244 g/mol. The Morgan fingerprint density at radius 1 is 1.17 bits per heavy atom. The van der Waals surface area contributed by atoms with Gasteiger partial charge in [0.05, 0.1) is 0 Å². The van der Waals surface area contributed by atoms with Crippen molar-refractivity contribution in [2.75, 3.05) is 13.1 Å². The fourth-order valence-electron chi connectivity index (χ4n) is 3.57. The molecule has 98 valence electrons. The van der Waals surface area contributed by atoms with Crippen LogP contribution in [-0.4, -0.2) is 24.0 Å². The summed E-state index contributed by atoms with van der Waals surface area (Å²) in [5.74, 6) is 0.832. The molecule has 1 aromatic rings. The van der Waals surface area contributed by atoms with E-state index in [0.29, 0.717) is 6.04 Å². The van der Waals surface area contributed by atoms with Crippen LogP contribution in [0.2, 0.25) is 0 Å². The van der Waals surface area contributed by atoms with Crippen molar-refractivity contribution >= 4 is 0 Å². The van der Waals surface area contributed by atoms with Gasteiger partial charge in [-0.05, 0) is 42.7 Å². The minimum Gasteiger partial charge on any atom is -0.328 e. The molecule has 2 aliphatic rings. The van der Waals surface area contributed by atoms with E-state index in [1.165, 1.54) is 50.8 Å². The molecule has 1 aliphatic heterocycles. The highest BCUT2D eigenvalue weighted by Gasteiger charge is 2.23. The van der Waals surface area contributed by atoms with Gasteiger partial charge in [-0.2, -0.15) is 0 Å². The summed E-state index contributed by atoms with van der Waals surface area (Å²) < 4.78 is 0. The SMILES string of the molecule is NC1CCCC(CN2CCc3ccccc3C2)C1. The maximum Gasteiger partial charge on any atom is 0.0236 e. The van der Waals surface area contributed by atoms with Crippen LogP contribution in [0.25, 0.3) is 0 Å². The Hall–Kier alpha value is -0.860. The first-order chi connectivity index (χ1) is 8.81. The highest BCUT2D eigenvalue weighted by molar-refractivity contribution is 5.29. The van der Waals surface area contributed by atoms with Crippen LogP contribution < -0.4 is 5.73 Å². The van der Waals surface area contributed by atoms with Crippen LogP contribution in [0.3, 0.4) is 0 Å². The quantitative estimate of drug-likeness (QED) is 0.866. The molecular weight excluding hydrogens is 220 g/mol. The third kappa shape index (κ3) is 2.76. The minimum atomic E-state index is 0.459. The van der Waals surface area contributed by atoms with Crippen molar-refractivity contribution in [3.63, 3.8) is 0 Å². The highest BCUT2D eigenvalue weighted by Crippen LogP contribution is 2.26. The van der Waals surface area contributed by atoms with E-state index in [4.69, 9.17) is 5.73 Å². The number of nitrogens with zero attached hydrogens (tertiary/aromatic N) is 1. The molecule has 0 amide bonds. The van der Waals surface area contributed by atoms with Gasteiger partial charge in [0, 0.05) is 25.7 Å². The molecule has 2 heteroatoms. The number of fused-ring (bicyclic) bond motifs is 1. The Morgan fingerprint density at radius 3 is 2.83 bits per heavy atom. The summed E-state index contributed by atoms with van der Waals surface area (Å²) in [4.78, 5) is 2.63. The van der Waals surface area contributed by atoms with Crippen molar-refractivity contribution in [1.29, 1.82) is 0 Å². The van der Waals surface area contributed by atoms with Gasteiger partial charge >= 0.3 is 0 Å². The lowest BCUT2D eigenvalue weighted by Crippen LogP contribution is -2.38. The number of hydrogen-bond donors (Lipinski definition) is 1. The Kier molecular flexibility index (Phi) is 3.67. The van der Waals surface area contributed by atoms with Gasteiger partial charge < -0.3 is 5.73 Å². The molecule has 18 heavy (non-hydrogen) atoms. The van der Waals surface area contributed by atoms with Crippen molar-refractivity contribution < 1.29 is 0 Å². The number of benzene rings is 1. The zero-order valence-corrected chi connectivity index (χ0v) is 11.1. The molecule has 2 N–H and O–H groups in total. The second kappa shape index (κ2) is 5.41. The minimum absolute atomic E-state index is 0.459. The normalized spacial score (nSPS) is 28.9. The van der Waals surface area contributed by atoms with Crippen molar-refractivity contribution in [3.05, 3.63) is 35.4 Å². The average Bonchev–Trinajstić information content (AvgIpc) is 2.39. The highest BCUT2D eigenvalue weighted by atomic mass is 15.1. The van der Waals surface area contributed by atoms with Crippen LogP contribution >= 0.6 is 0 Å². The fourth-order valence-corrected chi connectivity index (χ4v) is 3.57. The number of hydrogen-bond acceptors (Lipinski definition) is 2. The van der Waals surface area contributed by atoms with Gasteiger partial charge in [-0.1, -0.05) is 30.7 Å². The van der Waals surface area contributed by atoms with Gasteiger partial charge in [0.1, 0.15) is 0 Å². The first kappa shape index (κ1) is 12.2. The van der Waals surface area contributed by atoms with Crippen LogP contribution in [0.4, 0.5) is 0 Å². The Labute approximate surface area is 110 Å². The second-order valence-electron chi connectivity index (χ2n) is 6.05. The Bertz CT molecular complexity index is 402. The maximum atomic E-state index is 6.09. The van der Waals surface area contributed by atoms with Crippen LogP contribution in [0, 0.1) is 5.92 Å². The summed E-state index contributed by atoms with van der Waals surface area (Å²) >= 11 is 0. The second-order valence-corrected chi connectivity index (χ2v) is 6.05. The van der Waals surface area contributed by atoms with E-state index in [9.17, 15) is 0 Å². The van der Waals surface area contributed by atoms with E-state index in [2.05, 4.69) is 29.2 Å². The van der Waals surface area contributed by atoms with Crippen molar-refractivity contribution in [1.82, 2.24) is 4.90 Å². The molecule has 1 saturated carbocycles. The molecule has 2 unspecified atom stereocenters. The zero-order valence-electron chi connectivity index (χ0n) is 11.1. The first-order valence-corrected chi connectivity index (χ1v) is 7.36. The smallest absolute Gasteiger partial charge is 0.0236 e. The van der Waals surface area contributed by atoms with Gasteiger partial charge in [-0.25, -0.2) is 0 Å². The van der Waals surface area contributed by atoms with Crippen molar-refractivity contribution in [2.24, 2.45) is 11.7 Å². The molecule has 0 bridgehead atoms. The van der Waals surface area contributed by atoms with E-state index >= 15 is 0 Å². The molecule has 2 atom stereocenters. The van der Waals surface area contributed by atoms with Gasteiger partial charge in [-0.15, -0.1) is 0 Å². The lowest BCUT2D eigenvalue weighted by atomic mass is 9.85. The van der Waals surface area contributed by atoms with E-state index in [1.54, 1.807) is 5.56 Å². The third-order valence-electron chi connectivity index (χ3n) is 4.55. The fraction of sp³-hybridized carbons (Fsp3) is 0.625. The van der Waals surface area contributed by atoms with Crippen molar-refractivity contribution in [3.8, 4) is 0 Å². The van der Waals surface area contributed by atoms with Crippen LogP contribution in [0.5, 0.6) is 0 Å². The summed E-state index contributed by atoms with van der Waals surface area (Å²) in [6.07, 6.45) is 6.40. The van der Waals surface area contributed by atoms with Gasteiger partial charge in [0.2, 0.25) is 0 Å². The first-order valence-electron chi connectivity index (χ1n) is 7.36. The molecule has 3 rings (SSSR count). The summed E-state index contributed by atoms with van der Waals surface area (Å²) in [7, 11) is 0. The van der Waals surface area contributed by atoms with Crippen LogP contribution in [0.15, 0.2) is 24.3 Å². The standard InChI is InChI=1S/C16H24N2/c17-16-7-3-4-13(10-16)11-18-9-8-14-5-1-2-6-15(14)12-18/h1-2,5-6,13,16H,3-4,7-12,17H2. The van der Waals surface area contributed by atoms with Crippen molar-refractivity contribution in [2.45, 2.75) is 44.7 Å². The topological polar surface area (TPSA) is 29.3 Å². The molecule has 0 radical (unpaired) electrons. The van der Waals surface area contributed by atoms with E-state index in [0.717, 1.165) is 12.5 Å². The Morgan fingerprint density at radius 2 is 2.00 bits per heavy atom. The maximum absolute atomic E-state index is 6.09. The average molecular weight is 244 g/mol. The molecule has 0 aromatic heterocycles. The number of rotatable bonds is 2. The van der Waals surface area contributed by atoms with E-state index in [-0.39, 0.29) is 0 Å². The lowest BCUT2D eigenvalue weighted by molar-refractivity contribution is 0.180. The summed E-state index contributed by atoms with van der Waals surface area (Å²) in [5, 5.41) is 0. The van der Waals surface area contributed by atoms with Crippen LogP contribution in [-0.2, 0) is 13.0 Å².